The Morgan fingerprint density at radius 3 is 1.73 bits per heavy atom. The standard InChI is InChI=1S/C36H29NO2S2/c1-22-23(2)34(40-32(22)20-30(21-37)36(38)39)35-25(4)24(3)33(41-35)29-17-15-26(16-18-29)19-31(27-11-7-5-8-12-27)28-13-9-6-10-14-28/h5-20H,1-4H3,(H,38,39)/b30-20-. The van der Waals surface area contributed by atoms with Crippen LogP contribution in [-0.4, -0.2) is 11.1 Å². The monoisotopic (exact) mass is 571 g/mol. The first kappa shape index (κ1) is 28.0. The number of benzene rings is 3. The maximum atomic E-state index is 11.4. The minimum Gasteiger partial charge on any atom is -0.477 e. The van der Waals surface area contributed by atoms with Crippen molar-refractivity contribution in [3.8, 4) is 26.3 Å². The van der Waals surface area contributed by atoms with Crippen LogP contribution in [0.15, 0.2) is 90.5 Å². The molecular weight excluding hydrogens is 543 g/mol. The molecule has 0 aliphatic heterocycles. The lowest BCUT2D eigenvalue weighted by Crippen LogP contribution is -1.97. The van der Waals surface area contributed by atoms with E-state index in [0.29, 0.717) is 0 Å². The van der Waals surface area contributed by atoms with Crippen LogP contribution in [0.2, 0.25) is 0 Å². The summed E-state index contributed by atoms with van der Waals surface area (Å²) >= 11 is 3.31. The number of rotatable bonds is 7. The Balaban J connectivity index is 1.51. The van der Waals surface area contributed by atoms with E-state index in [1.807, 2.05) is 19.1 Å². The van der Waals surface area contributed by atoms with Crippen LogP contribution in [0, 0.1) is 39.0 Å². The smallest absolute Gasteiger partial charge is 0.346 e. The van der Waals surface area contributed by atoms with Gasteiger partial charge in [0.05, 0.1) is 0 Å². The highest BCUT2D eigenvalue weighted by molar-refractivity contribution is 7.24. The lowest BCUT2D eigenvalue weighted by Gasteiger charge is -2.09. The summed E-state index contributed by atoms with van der Waals surface area (Å²) in [5, 5.41) is 18.6. The molecule has 1 N–H and O–H groups in total. The molecule has 0 spiro atoms. The van der Waals surface area contributed by atoms with Gasteiger partial charge in [-0.15, -0.1) is 22.7 Å². The molecule has 0 saturated carbocycles. The molecule has 0 radical (unpaired) electrons. The second-order valence-corrected chi connectivity index (χ2v) is 12.0. The van der Waals surface area contributed by atoms with Gasteiger partial charge in [0.1, 0.15) is 11.6 Å². The fourth-order valence-corrected chi connectivity index (χ4v) is 7.62. The molecule has 202 valence electrons. The summed E-state index contributed by atoms with van der Waals surface area (Å²) in [6, 6.07) is 31.4. The van der Waals surface area contributed by atoms with Gasteiger partial charge in [-0.2, -0.15) is 5.26 Å². The third kappa shape index (κ3) is 5.71. The van der Waals surface area contributed by atoms with Gasteiger partial charge in [-0.1, -0.05) is 84.9 Å². The van der Waals surface area contributed by atoms with Gasteiger partial charge in [0.2, 0.25) is 0 Å². The third-order valence-corrected chi connectivity index (χ3v) is 10.4. The molecule has 3 aromatic carbocycles. The van der Waals surface area contributed by atoms with Crippen LogP contribution in [-0.2, 0) is 4.79 Å². The highest BCUT2D eigenvalue weighted by atomic mass is 32.1. The van der Waals surface area contributed by atoms with Crippen molar-refractivity contribution in [1.82, 2.24) is 0 Å². The Morgan fingerprint density at radius 2 is 1.20 bits per heavy atom. The molecule has 41 heavy (non-hydrogen) atoms. The van der Waals surface area contributed by atoms with Crippen LogP contribution in [0.25, 0.3) is 37.9 Å². The number of thiophene rings is 2. The molecule has 5 aromatic rings. The molecule has 2 heterocycles. The van der Waals surface area contributed by atoms with E-state index in [1.165, 1.54) is 49.2 Å². The SMILES string of the molecule is Cc1c(/C=C(/C#N)C(=O)O)sc(-c2sc(-c3ccc(C=C(c4ccccc4)c4ccccc4)cc3)c(C)c2C)c1C. The van der Waals surface area contributed by atoms with Crippen molar-refractivity contribution >= 4 is 46.4 Å². The number of carbonyl (C=O) groups is 1. The largest absolute Gasteiger partial charge is 0.477 e. The third-order valence-electron chi connectivity index (χ3n) is 7.42. The van der Waals surface area contributed by atoms with Crippen molar-refractivity contribution in [2.75, 3.05) is 0 Å². The summed E-state index contributed by atoms with van der Waals surface area (Å²) in [6.45, 7) is 8.36. The number of nitriles is 1. The quantitative estimate of drug-likeness (QED) is 0.120. The molecule has 2 aromatic heterocycles. The molecule has 5 heteroatoms. The van der Waals surface area contributed by atoms with Crippen LogP contribution < -0.4 is 0 Å². The number of carboxylic acids is 1. The van der Waals surface area contributed by atoms with Gasteiger partial charge in [0.15, 0.2) is 0 Å². The van der Waals surface area contributed by atoms with Gasteiger partial charge in [-0.05, 0) is 89.9 Å². The predicted octanol–water partition coefficient (Wildman–Crippen LogP) is 9.96. The normalized spacial score (nSPS) is 11.2. The number of carboxylic acid groups (broad SMARTS) is 1. The van der Waals surface area contributed by atoms with Gasteiger partial charge < -0.3 is 5.11 Å². The van der Waals surface area contributed by atoms with E-state index in [9.17, 15) is 15.2 Å². The summed E-state index contributed by atoms with van der Waals surface area (Å²) in [4.78, 5) is 15.8. The van der Waals surface area contributed by atoms with Gasteiger partial charge in [0.25, 0.3) is 0 Å². The zero-order chi connectivity index (χ0) is 29.1. The summed E-state index contributed by atoms with van der Waals surface area (Å²) < 4.78 is 0. The molecule has 0 amide bonds. The van der Waals surface area contributed by atoms with Crippen molar-refractivity contribution in [3.05, 3.63) is 134 Å². The van der Waals surface area contributed by atoms with E-state index >= 15 is 0 Å². The Labute approximate surface area is 249 Å². The van der Waals surface area contributed by atoms with Crippen LogP contribution in [0.5, 0.6) is 0 Å². The van der Waals surface area contributed by atoms with Gasteiger partial charge in [-0.3, -0.25) is 0 Å². The van der Waals surface area contributed by atoms with Crippen LogP contribution in [0.3, 0.4) is 0 Å². The van der Waals surface area contributed by atoms with Crippen molar-refractivity contribution < 1.29 is 9.90 Å². The lowest BCUT2D eigenvalue weighted by atomic mass is 9.95. The van der Waals surface area contributed by atoms with E-state index in [-0.39, 0.29) is 5.57 Å². The first-order valence-electron chi connectivity index (χ1n) is 13.3. The highest BCUT2D eigenvalue weighted by Crippen LogP contribution is 2.46. The Morgan fingerprint density at radius 1 is 0.683 bits per heavy atom. The summed E-state index contributed by atoms with van der Waals surface area (Å²) in [7, 11) is 0. The molecule has 0 bridgehead atoms. The minimum absolute atomic E-state index is 0.252. The number of hydrogen-bond donors (Lipinski definition) is 1. The fraction of sp³-hybridized carbons (Fsp3) is 0.111. The van der Waals surface area contributed by atoms with E-state index in [1.54, 1.807) is 28.7 Å². The average molecular weight is 572 g/mol. The van der Waals surface area contributed by atoms with Gasteiger partial charge in [-0.25, -0.2) is 4.79 Å². The van der Waals surface area contributed by atoms with Crippen LogP contribution in [0.1, 0.15) is 43.8 Å². The summed E-state index contributed by atoms with van der Waals surface area (Å²) in [5.41, 5.74) is 10.2. The first-order chi connectivity index (χ1) is 19.8. The van der Waals surface area contributed by atoms with E-state index < -0.39 is 5.97 Å². The molecule has 0 atom stereocenters. The second kappa shape index (κ2) is 11.9. The number of nitrogens with zero attached hydrogens (tertiary/aromatic N) is 1. The molecule has 0 fully saturated rings. The minimum atomic E-state index is -1.21. The molecule has 0 unspecified atom stereocenters. The van der Waals surface area contributed by atoms with Crippen LogP contribution in [0.4, 0.5) is 0 Å². The van der Waals surface area contributed by atoms with Crippen molar-refractivity contribution in [1.29, 1.82) is 5.26 Å². The topological polar surface area (TPSA) is 61.1 Å². The second-order valence-electron chi connectivity index (χ2n) is 9.94. The summed E-state index contributed by atoms with van der Waals surface area (Å²) in [6.07, 6.45) is 3.73. The Kier molecular flexibility index (Phi) is 8.16. The fourth-order valence-electron chi connectivity index (χ4n) is 4.80. The van der Waals surface area contributed by atoms with E-state index in [4.69, 9.17) is 0 Å². The van der Waals surface area contributed by atoms with E-state index in [2.05, 4.69) is 99.6 Å². The molecule has 5 rings (SSSR count). The van der Waals surface area contributed by atoms with Crippen molar-refractivity contribution in [2.45, 2.75) is 27.7 Å². The zero-order valence-electron chi connectivity index (χ0n) is 23.4. The van der Waals surface area contributed by atoms with Gasteiger partial charge in [0, 0.05) is 19.5 Å². The van der Waals surface area contributed by atoms with Crippen LogP contribution >= 0.6 is 22.7 Å². The van der Waals surface area contributed by atoms with Crippen molar-refractivity contribution in [3.63, 3.8) is 0 Å². The predicted molar refractivity (Wildman–Crippen MR) is 173 cm³/mol. The Bertz CT molecular complexity index is 1790. The Hall–Kier alpha value is -4.50. The summed E-state index contributed by atoms with van der Waals surface area (Å²) in [5.74, 6) is -1.21. The molecule has 0 aliphatic carbocycles. The molecule has 3 nitrogen and oxygen atoms in total. The molecule has 0 aliphatic rings. The maximum absolute atomic E-state index is 11.4. The lowest BCUT2D eigenvalue weighted by molar-refractivity contribution is -0.132. The maximum Gasteiger partial charge on any atom is 0.346 e. The zero-order valence-corrected chi connectivity index (χ0v) is 25.0. The molecule has 0 saturated heterocycles. The highest BCUT2D eigenvalue weighted by Gasteiger charge is 2.20. The van der Waals surface area contributed by atoms with Gasteiger partial charge >= 0.3 is 5.97 Å². The van der Waals surface area contributed by atoms with E-state index in [0.717, 1.165) is 26.4 Å². The number of hydrogen-bond acceptors (Lipinski definition) is 4. The first-order valence-corrected chi connectivity index (χ1v) is 14.9. The van der Waals surface area contributed by atoms with Crippen molar-refractivity contribution in [2.24, 2.45) is 0 Å². The molecular formula is C36H29NO2S2. The average Bonchev–Trinajstić information content (AvgIpc) is 3.45. The number of aliphatic carboxylic acids is 1.